The molecule has 1 aromatic heterocycles. The first-order valence-corrected chi connectivity index (χ1v) is 11.3. The molecule has 1 saturated heterocycles. The van der Waals surface area contributed by atoms with Crippen molar-refractivity contribution >= 4 is 33.2 Å². The number of aromatic nitrogens is 1. The molecule has 146 valence electrons. The molecule has 0 unspecified atom stereocenters. The molecular formula is C18H21Cl2N3O3S. The van der Waals surface area contributed by atoms with Crippen molar-refractivity contribution in [3.63, 3.8) is 0 Å². The van der Waals surface area contributed by atoms with Crippen LogP contribution in [0.1, 0.15) is 29.9 Å². The average molecular weight is 430 g/mol. The molecule has 0 N–H and O–H groups in total. The predicted molar refractivity (Wildman–Crippen MR) is 104 cm³/mol. The first-order chi connectivity index (χ1) is 13.0. The minimum absolute atomic E-state index is 0.00708. The van der Waals surface area contributed by atoms with Crippen molar-refractivity contribution < 1.29 is 12.9 Å². The van der Waals surface area contributed by atoms with Crippen LogP contribution in [0.15, 0.2) is 27.6 Å². The first kappa shape index (κ1) is 19.2. The lowest BCUT2D eigenvalue weighted by Crippen LogP contribution is -2.48. The molecule has 0 radical (unpaired) electrons. The number of aryl methyl sites for hydroxylation is 1. The Hall–Kier alpha value is -1.12. The van der Waals surface area contributed by atoms with E-state index in [4.69, 9.17) is 27.7 Å². The van der Waals surface area contributed by atoms with Gasteiger partial charge in [-0.2, -0.15) is 4.31 Å². The summed E-state index contributed by atoms with van der Waals surface area (Å²) in [7, 11) is -3.71. The minimum Gasteiger partial charge on any atom is -0.361 e. The van der Waals surface area contributed by atoms with Gasteiger partial charge in [0.1, 0.15) is 16.3 Å². The second kappa shape index (κ2) is 7.72. The molecule has 1 aromatic carbocycles. The van der Waals surface area contributed by atoms with Gasteiger partial charge in [0.25, 0.3) is 0 Å². The Balaban J connectivity index is 1.44. The van der Waals surface area contributed by atoms with E-state index in [0.29, 0.717) is 32.7 Å². The number of hydrogen-bond acceptors (Lipinski definition) is 5. The molecule has 0 bridgehead atoms. The van der Waals surface area contributed by atoms with E-state index < -0.39 is 10.0 Å². The fraction of sp³-hybridized carbons (Fsp3) is 0.500. The molecule has 2 aliphatic rings. The fourth-order valence-corrected chi connectivity index (χ4v) is 6.28. The quantitative estimate of drug-likeness (QED) is 0.744. The molecule has 0 amide bonds. The average Bonchev–Trinajstić information content (AvgIpc) is 3.05. The van der Waals surface area contributed by atoms with E-state index >= 15 is 0 Å². The lowest BCUT2D eigenvalue weighted by atomic mass is 9.96. The van der Waals surface area contributed by atoms with Gasteiger partial charge in [-0.1, -0.05) is 34.4 Å². The van der Waals surface area contributed by atoms with Crippen LogP contribution in [0.3, 0.4) is 0 Å². The molecule has 2 aromatic rings. The highest BCUT2D eigenvalue weighted by Gasteiger charge is 2.32. The lowest BCUT2D eigenvalue weighted by Gasteiger charge is -2.34. The van der Waals surface area contributed by atoms with Gasteiger partial charge in [-0.15, -0.1) is 0 Å². The predicted octanol–water partition coefficient (Wildman–Crippen LogP) is 3.37. The zero-order valence-corrected chi connectivity index (χ0v) is 17.2. The second-order valence-corrected chi connectivity index (χ2v) is 9.66. The Morgan fingerprint density at radius 1 is 1.04 bits per heavy atom. The van der Waals surface area contributed by atoms with Crippen LogP contribution in [0.2, 0.25) is 10.0 Å². The van der Waals surface area contributed by atoms with Crippen LogP contribution in [-0.4, -0.2) is 49.0 Å². The van der Waals surface area contributed by atoms with Crippen LogP contribution >= 0.6 is 23.2 Å². The van der Waals surface area contributed by atoms with Crippen LogP contribution in [0.4, 0.5) is 0 Å². The highest BCUT2D eigenvalue weighted by Crippen LogP contribution is 2.32. The Labute approximate surface area is 169 Å². The van der Waals surface area contributed by atoms with E-state index in [0.717, 1.165) is 30.7 Å². The van der Waals surface area contributed by atoms with E-state index in [-0.39, 0.29) is 14.9 Å². The van der Waals surface area contributed by atoms with Crippen LogP contribution < -0.4 is 0 Å². The number of rotatable bonds is 4. The van der Waals surface area contributed by atoms with Gasteiger partial charge in [0.05, 0.1) is 10.0 Å². The van der Waals surface area contributed by atoms with Gasteiger partial charge < -0.3 is 4.52 Å². The van der Waals surface area contributed by atoms with E-state index in [1.165, 1.54) is 16.3 Å². The summed E-state index contributed by atoms with van der Waals surface area (Å²) in [4.78, 5) is 2.21. The number of halogens is 2. The fourth-order valence-electron chi connectivity index (χ4n) is 3.77. The first-order valence-electron chi connectivity index (χ1n) is 9.09. The molecule has 9 heteroatoms. The largest absolute Gasteiger partial charge is 0.361 e. The number of benzene rings is 1. The van der Waals surface area contributed by atoms with Crippen molar-refractivity contribution in [1.82, 2.24) is 14.4 Å². The number of hydrogen-bond donors (Lipinski definition) is 0. The molecule has 0 spiro atoms. The molecule has 1 fully saturated rings. The topological polar surface area (TPSA) is 66.7 Å². The zero-order valence-electron chi connectivity index (χ0n) is 14.8. The van der Waals surface area contributed by atoms with Crippen molar-refractivity contribution in [3.8, 4) is 0 Å². The van der Waals surface area contributed by atoms with Gasteiger partial charge >= 0.3 is 0 Å². The SMILES string of the molecule is O=S(=O)(c1c(Cl)cccc1Cl)N1CCN(Cc2noc3c2CCCC3)CC1. The molecular weight excluding hydrogens is 409 g/mol. The number of sulfonamides is 1. The summed E-state index contributed by atoms with van der Waals surface area (Å²) in [5, 5.41) is 4.55. The van der Waals surface area contributed by atoms with Gasteiger partial charge in [-0.3, -0.25) is 4.90 Å². The summed E-state index contributed by atoms with van der Waals surface area (Å²) in [5.74, 6) is 1.02. The summed E-state index contributed by atoms with van der Waals surface area (Å²) in [6, 6.07) is 4.73. The molecule has 2 heterocycles. The van der Waals surface area contributed by atoms with E-state index in [1.54, 1.807) is 18.2 Å². The summed E-state index contributed by atoms with van der Waals surface area (Å²) >= 11 is 12.2. The molecule has 0 saturated carbocycles. The Bertz CT molecular complexity index is 917. The van der Waals surface area contributed by atoms with Crippen molar-refractivity contribution in [1.29, 1.82) is 0 Å². The van der Waals surface area contributed by atoms with Gasteiger partial charge in [-0.05, 0) is 31.4 Å². The lowest BCUT2D eigenvalue weighted by molar-refractivity contribution is 0.177. The molecule has 1 aliphatic carbocycles. The molecule has 6 nitrogen and oxygen atoms in total. The van der Waals surface area contributed by atoms with E-state index in [1.807, 2.05) is 0 Å². The third-order valence-corrected chi connectivity index (χ3v) is 8.11. The molecule has 4 rings (SSSR count). The summed E-state index contributed by atoms with van der Waals surface area (Å²) in [5.41, 5.74) is 2.24. The maximum Gasteiger partial charge on any atom is 0.246 e. The number of nitrogens with zero attached hydrogens (tertiary/aromatic N) is 3. The summed E-state index contributed by atoms with van der Waals surface area (Å²) in [6.45, 7) is 2.74. The van der Waals surface area contributed by atoms with Crippen molar-refractivity contribution in [2.75, 3.05) is 26.2 Å². The molecule has 1 aliphatic heterocycles. The maximum absolute atomic E-state index is 13.0. The van der Waals surface area contributed by atoms with Crippen LogP contribution in [0, 0.1) is 0 Å². The van der Waals surface area contributed by atoms with E-state index in [9.17, 15) is 8.42 Å². The molecule has 0 atom stereocenters. The van der Waals surface area contributed by atoms with Crippen molar-refractivity contribution in [2.24, 2.45) is 0 Å². The number of piperazine rings is 1. The third kappa shape index (κ3) is 3.76. The molecule has 27 heavy (non-hydrogen) atoms. The summed E-state index contributed by atoms with van der Waals surface area (Å²) in [6.07, 6.45) is 4.31. The van der Waals surface area contributed by atoms with Crippen molar-refractivity contribution in [3.05, 3.63) is 45.3 Å². The maximum atomic E-state index is 13.0. The van der Waals surface area contributed by atoms with Gasteiger partial charge in [0.2, 0.25) is 10.0 Å². The third-order valence-electron chi connectivity index (χ3n) is 5.25. The Morgan fingerprint density at radius 2 is 1.70 bits per heavy atom. The minimum atomic E-state index is -3.71. The van der Waals surface area contributed by atoms with Gasteiger partial charge in [0, 0.05) is 44.7 Å². The second-order valence-electron chi connectivity index (χ2n) is 6.97. The van der Waals surface area contributed by atoms with Crippen LogP contribution in [-0.2, 0) is 29.4 Å². The van der Waals surface area contributed by atoms with E-state index in [2.05, 4.69) is 10.1 Å². The normalized spacial score (nSPS) is 19.2. The zero-order chi connectivity index (χ0) is 19.0. The highest BCUT2D eigenvalue weighted by molar-refractivity contribution is 7.89. The summed E-state index contributed by atoms with van der Waals surface area (Å²) < 4.78 is 32.8. The Kier molecular flexibility index (Phi) is 5.49. The van der Waals surface area contributed by atoms with Gasteiger partial charge in [0.15, 0.2) is 0 Å². The smallest absolute Gasteiger partial charge is 0.246 e. The standard InChI is InChI=1S/C18H21Cl2N3O3S/c19-14-5-3-6-15(20)18(14)27(24,25)23-10-8-22(9-11-23)12-16-13-4-1-2-7-17(13)26-21-16/h3,5-6H,1-2,4,7-12H2. The van der Waals surface area contributed by atoms with Gasteiger partial charge in [-0.25, -0.2) is 8.42 Å². The monoisotopic (exact) mass is 429 g/mol. The van der Waals surface area contributed by atoms with Crippen molar-refractivity contribution in [2.45, 2.75) is 37.1 Å². The highest BCUT2D eigenvalue weighted by atomic mass is 35.5. The van der Waals surface area contributed by atoms with Crippen LogP contribution in [0.5, 0.6) is 0 Å². The Morgan fingerprint density at radius 3 is 2.41 bits per heavy atom. The van der Waals surface area contributed by atoms with Crippen LogP contribution in [0.25, 0.3) is 0 Å². The number of fused-ring (bicyclic) bond motifs is 1.